The van der Waals surface area contributed by atoms with Crippen molar-refractivity contribution in [2.75, 3.05) is 6.61 Å². The molecular formula is C27H31I3O2. The third-order valence-electron chi connectivity index (χ3n) is 5.61. The number of halogens is 3. The quantitative estimate of drug-likeness (QED) is 0.120. The summed E-state index contributed by atoms with van der Waals surface area (Å²) < 4.78 is 8.49. The van der Waals surface area contributed by atoms with E-state index < -0.39 is 0 Å². The van der Waals surface area contributed by atoms with Crippen molar-refractivity contribution in [1.29, 1.82) is 0 Å². The lowest BCUT2D eigenvalue weighted by Crippen LogP contribution is -2.19. The molecule has 0 bridgehead atoms. The van der Waals surface area contributed by atoms with E-state index in [1.165, 1.54) is 36.0 Å². The molecule has 0 aliphatic heterocycles. The Morgan fingerprint density at radius 2 is 1.84 bits per heavy atom. The largest absolute Gasteiger partial charge is 0.458 e. The molecule has 172 valence electrons. The van der Waals surface area contributed by atoms with E-state index in [9.17, 15) is 4.79 Å². The van der Waals surface area contributed by atoms with Crippen molar-refractivity contribution < 1.29 is 9.53 Å². The summed E-state index contributed by atoms with van der Waals surface area (Å²) in [6.45, 7) is 11.3. The van der Waals surface area contributed by atoms with Gasteiger partial charge < -0.3 is 4.74 Å². The molecule has 0 saturated carbocycles. The molecule has 0 unspecified atom stereocenters. The first-order valence-corrected chi connectivity index (χ1v) is 14.0. The van der Waals surface area contributed by atoms with E-state index in [1.807, 2.05) is 37.3 Å². The van der Waals surface area contributed by atoms with Crippen LogP contribution in [0, 0.1) is 16.1 Å². The zero-order valence-electron chi connectivity index (χ0n) is 19.4. The molecule has 0 fully saturated rings. The zero-order chi connectivity index (χ0) is 23.9. The van der Waals surface area contributed by atoms with E-state index in [0.29, 0.717) is 5.56 Å². The maximum Gasteiger partial charge on any atom is 0.339 e. The Morgan fingerprint density at radius 1 is 1.12 bits per heavy atom. The smallest absolute Gasteiger partial charge is 0.339 e. The highest BCUT2D eigenvalue weighted by Gasteiger charge is 2.26. The lowest BCUT2D eigenvalue weighted by atomic mass is 9.72. The Morgan fingerprint density at radius 3 is 2.53 bits per heavy atom. The molecular weight excluding hydrogens is 737 g/mol. The Hall–Kier alpha value is -0.420. The maximum absolute atomic E-state index is 12.4. The van der Waals surface area contributed by atoms with Crippen LogP contribution in [-0.2, 0) is 4.74 Å². The molecule has 0 atom stereocenters. The van der Waals surface area contributed by atoms with Crippen molar-refractivity contribution in [3.63, 3.8) is 0 Å². The van der Waals surface area contributed by atoms with Crippen molar-refractivity contribution in [3.8, 4) is 0 Å². The van der Waals surface area contributed by atoms with Crippen LogP contribution >= 0.6 is 67.8 Å². The van der Waals surface area contributed by atoms with Gasteiger partial charge in [0.25, 0.3) is 0 Å². The number of ether oxygens (including phenoxy) is 1. The van der Waals surface area contributed by atoms with E-state index in [4.69, 9.17) is 4.74 Å². The Labute approximate surface area is 234 Å². The highest BCUT2D eigenvalue weighted by molar-refractivity contribution is 14.1. The summed E-state index contributed by atoms with van der Waals surface area (Å²) in [5.74, 6) is -0.282. The molecule has 1 aliphatic rings. The lowest BCUT2D eigenvalue weighted by Gasteiger charge is -2.32. The highest BCUT2D eigenvalue weighted by Crippen LogP contribution is 2.40. The highest BCUT2D eigenvalue weighted by atomic mass is 127. The number of benzene rings is 1. The number of carbonyl (C=O) groups excluding carboxylic acids is 1. The van der Waals surface area contributed by atoms with Crippen molar-refractivity contribution in [2.24, 2.45) is 5.41 Å². The maximum atomic E-state index is 12.4. The van der Waals surface area contributed by atoms with Crippen LogP contribution in [0.2, 0.25) is 0 Å². The van der Waals surface area contributed by atoms with Gasteiger partial charge in [-0.15, -0.1) is 0 Å². The summed E-state index contributed by atoms with van der Waals surface area (Å²) in [5, 5.41) is 0. The standard InChI is InChI=1S/C27H31I3O2/c1-18(11-12-23-20(3)10-7-14-27(23,4)5)8-6-9-19(2)13-15-32-26(31)22-16-21(28)17-24(29)25(22)30/h6,8-9,11-13,16-17H,7,10,14-15H2,1-5H3/b9-6+,12-11+,18-8+,19-13+. The van der Waals surface area contributed by atoms with Crippen LogP contribution in [0.4, 0.5) is 0 Å². The van der Waals surface area contributed by atoms with Gasteiger partial charge in [0.15, 0.2) is 0 Å². The van der Waals surface area contributed by atoms with Gasteiger partial charge in [0.05, 0.1) is 5.56 Å². The van der Waals surface area contributed by atoms with Crippen LogP contribution in [-0.4, -0.2) is 12.6 Å². The molecule has 1 aliphatic carbocycles. The second-order valence-electron chi connectivity index (χ2n) is 8.83. The molecule has 1 aromatic carbocycles. The minimum absolute atomic E-state index is 0.262. The third-order valence-corrected chi connectivity index (χ3v) is 9.27. The monoisotopic (exact) mass is 768 g/mol. The van der Waals surface area contributed by atoms with Gasteiger partial charge in [0.1, 0.15) is 6.61 Å². The SMILES string of the molecule is CC1=C(/C=C/C(C)=C/C=C/C(C)=C/COC(=O)c2cc(I)cc(I)c2I)C(C)(C)CCC1. The van der Waals surface area contributed by atoms with Crippen molar-refractivity contribution in [1.82, 2.24) is 0 Å². The van der Waals surface area contributed by atoms with Crippen LogP contribution in [0.1, 0.15) is 64.2 Å². The Bertz CT molecular complexity index is 1010. The summed E-state index contributed by atoms with van der Waals surface area (Å²) in [6, 6.07) is 3.92. The van der Waals surface area contributed by atoms with Gasteiger partial charge in [-0.2, -0.15) is 0 Å². The summed E-state index contributed by atoms with van der Waals surface area (Å²) in [6.07, 6.45) is 16.4. The molecule has 0 saturated heterocycles. The average Bonchev–Trinajstić information content (AvgIpc) is 2.69. The minimum Gasteiger partial charge on any atom is -0.458 e. The fraction of sp³-hybridized carbons (Fsp3) is 0.370. The number of hydrogen-bond donors (Lipinski definition) is 0. The van der Waals surface area contributed by atoms with E-state index in [1.54, 1.807) is 0 Å². The molecule has 0 N–H and O–H groups in total. The number of allylic oxidation sites excluding steroid dienone is 9. The number of hydrogen-bond acceptors (Lipinski definition) is 2. The van der Waals surface area contributed by atoms with Crippen LogP contribution in [0.15, 0.2) is 70.9 Å². The Balaban J connectivity index is 1.93. The molecule has 1 aromatic rings. The summed E-state index contributed by atoms with van der Waals surface area (Å²) in [4.78, 5) is 12.4. The second kappa shape index (κ2) is 12.9. The topological polar surface area (TPSA) is 26.3 Å². The summed E-state index contributed by atoms with van der Waals surface area (Å²) in [5.41, 5.74) is 6.16. The van der Waals surface area contributed by atoms with Gasteiger partial charge in [-0.3, -0.25) is 0 Å². The number of rotatable bonds is 7. The van der Waals surface area contributed by atoms with Crippen LogP contribution in [0.25, 0.3) is 0 Å². The molecule has 0 heterocycles. The molecule has 2 rings (SSSR count). The van der Waals surface area contributed by atoms with Crippen molar-refractivity contribution in [2.45, 2.75) is 53.9 Å². The molecule has 0 aromatic heterocycles. The van der Waals surface area contributed by atoms with Crippen LogP contribution in [0.3, 0.4) is 0 Å². The van der Waals surface area contributed by atoms with Gasteiger partial charge in [-0.05, 0) is 137 Å². The van der Waals surface area contributed by atoms with E-state index >= 15 is 0 Å². The molecule has 5 heteroatoms. The lowest BCUT2D eigenvalue weighted by molar-refractivity contribution is 0.0547. The molecule has 32 heavy (non-hydrogen) atoms. The fourth-order valence-corrected chi connectivity index (χ4v) is 6.11. The average molecular weight is 768 g/mol. The van der Waals surface area contributed by atoms with Crippen LogP contribution in [0.5, 0.6) is 0 Å². The van der Waals surface area contributed by atoms with Crippen LogP contribution < -0.4 is 0 Å². The first-order chi connectivity index (χ1) is 15.0. The summed E-state index contributed by atoms with van der Waals surface area (Å²) >= 11 is 6.66. The van der Waals surface area contributed by atoms with E-state index in [2.05, 4.69) is 114 Å². The summed E-state index contributed by atoms with van der Waals surface area (Å²) in [7, 11) is 0. The minimum atomic E-state index is -0.282. The van der Waals surface area contributed by atoms with E-state index in [-0.39, 0.29) is 18.0 Å². The normalized spacial score (nSPS) is 17.5. The molecule has 2 nitrogen and oxygen atoms in total. The first kappa shape index (κ1) is 27.8. The molecule has 0 amide bonds. The third kappa shape index (κ3) is 8.42. The van der Waals surface area contributed by atoms with Crippen molar-refractivity contribution >= 4 is 73.7 Å². The number of carbonyl (C=O) groups is 1. The predicted octanol–water partition coefficient (Wildman–Crippen LogP) is 9.19. The zero-order valence-corrected chi connectivity index (χ0v) is 25.9. The van der Waals surface area contributed by atoms with Gasteiger partial charge in [-0.25, -0.2) is 4.79 Å². The van der Waals surface area contributed by atoms with Crippen molar-refractivity contribution in [3.05, 3.63) is 87.2 Å². The first-order valence-electron chi connectivity index (χ1n) is 10.7. The fourth-order valence-electron chi connectivity index (χ4n) is 3.73. The molecule has 0 radical (unpaired) electrons. The predicted molar refractivity (Wildman–Crippen MR) is 161 cm³/mol. The molecule has 0 spiro atoms. The van der Waals surface area contributed by atoms with Gasteiger partial charge in [0.2, 0.25) is 0 Å². The second-order valence-corrected chi connectivity index (χ2v) is 12.3. The van der Waals surface area contributed by atoms with Gasteiger partial charge >= 0.3 is 5.97 Å². The van der Waals surface area contributed by atoms with E-state index in [0.717, 1.165) is 16.3 Å². The Kier molecular flexibility index (Phi) is 11.2. The van der Waals surface area contributed by atoms with Gasteiger partial charge in [0, 0.05) is 10.7 Å². The van der Waals surface area contributed by atoms with Gasteiger partial charge in [-0.1, -0.05) is 60.9 Å². The number of esters is 1.